The molecular formula is C64H138O6P2. The van der Waals surface area contributed by atoms with Crippen LogP contribution in [0.15, 0.2) is 0 Å². The molecule has 0 aliphatic heterocycles. The van der Waals surface area contributed by atoms with E-state index < -0.39 is 14.6 Å². The Morgan fingerprint density at radius 1 is 0.181 bits per heavy atom. The molecule has 0 saturated heterocycles. The van der Waals surface area contributed by atoms with E-state index in [1.54, 1.807) is 0 Å². The van der Waals surface area contributed by atoms with Gasteiger partial charge in [-0.25, -0.2) is 0 Å². The van der Waals surface area contributed by atoms with Crippen molar-refractivity contribution < 1.29 is 27.9 Å². The Morgan fingerprint density at radius 3 is 0.458 bits per heavy atom. The first kappa shape index (κ1) is 74.7. The van der Waals surface area contributed by atoms with Crippen LogP contribution in [0.25, 0.3) is 0 Å². The Kier molecular flexibility index (Phi) is 57.0. The van der Waals surface area contributed by atoms with Crippen molar-refractivity contribution >= 4 is 14.6 Å². The minimum atomic E-state index is -3.58. The molecule has 0 aliphatic rings. The molecule has 0 bridgehead atoms. The van der Waals surface area contributed by atoms with Gasteiger partial charge in [0.25, 0.3) is 0 Å². The number of hydrogen-bond acceptors (Lipinski definition) is 6. The second-order valence-electron chi connectivity index (χ2n) is 22.9. The van der Waals surface area contributed by atoms with E-state index in [1.807, 2.05) is 0 Å². The third-order valence-corrected chi connectivity index (χ3v) is 23.2. The van der Waals surface area contributed by atoms with Crippen molar-refractivity contribution in [1.29, 1.82) is 0 Å². The molecule has 0 radical (unpaired) electrons. The molecule has 440 valence electrons. The molecule has 2 N–H and O–H groups in total. The van der Waals surface area contributed by atoms with Crippen LogP contribution in [-0.2, 0) is 18.1 Å². The summed E-state index contributed by atoms with van der Waals surface area (Å²) >= 11 is 0. The van der Waals surface area contributed by atoms with Gasteiger partial charge in [-0.15, -0.1) is 0 Å². The summed E-state index contributed by atoms with van der Waals surface area (Å²) in [6, 6.07) is 0. The average molecular weight is 1070 g/mol. The van der Waals surface area contributed by atoms with E-state index in [4.69, 9.17) is 18.1 Å². The van der Waals surface area contributed by atoms with Gasteiger partial charge in [-0.05, 0) is 0 Å². The predicted octanol–water partition coefficient (Wildman–Crippen LogP) is 23.5. The molecule has 0 rings (SSSR count). The van der Waals surface area contributed by atoms with Crippen LogP contribution in [-0.4, -0.2) is 60.9 Å². The van der Waals surface area contributed by atoms with Crippen LogP contribution in [0.1, 0.15) is 364 Å². The van der Waals surface area contributed by atoms with E-state index in [1.165, 1.54) is 257 Å². The van der Waals surface area contributed by atoms with Crippen molar-refractivity contribution in [3.8, 4) is 0 Å². The molecule has 0 amide bonds. The van der Waals surface area contributed by atoms with Gasteiger partial charge in [-0.1, -0.05) is 0 Å². The van der Waals surface area contributed by atoms with Crippen LogP contribution < -0.4 is 0 Å². The summed E-state index contributed by atoms with van der Waals surface area (Å²) in [6.45, 7) is 20.8. The fraction of sp³-hybridized carbons (Fsp3) is 1.00. The first-order chi connectivity index (χ1) is 35.1. The summed E-state index contributed by atoms with van der Waals surface area (Å²) in [5, 5.41) is 0. The van der Waals surface area contributed by atoms with Crippen molar-refractivity contribution in [2.45, 2.75) is 364 Å². The Morgan fingerprint density at radius 2 is 0.306 bits per heavy atom. The van der Waals surface area contributed by atoms with Crippen LogP contribution >= 0.6 is 14.6 Å². The number of unbranched alkanes of at least 4 members (excludes halogenated alkanes) is 40. The van der Waals surface area contributed by atoms with E-state index in [0.717, 1.165) is 76.0 Å². The van der Waals surface area contributed by atoms with E-state index in [2.05, 4.69) is 55.4 Å². The summed E-state index contributed by atoms with van der Waals surface area (Å²) in [6.07, 6.45) is 62.6. The van der Waals surface area contributed by atoms with E-state index >= 15 is 0 Å². The Hall–Kier alpha value is 0.620. The molecule has 0 aromatic carbocycles. The molecule has 0 saturated carbocycles. The molecule has 8 heteroatoms. The zero-order valence-corrected chi connectivity index (χ0v) is 52.8. The summed E-state index contributed by atoms with van der Waals surface area (Å²) < 4.78 is 26.4. The van der Waals surface area contributed by atoms with Gasteiger partial charge in [-0.3, -0.25) is 0 Å². The second kappa shape index (κ2) is 55.0. The molecule has 0 fully saturated rings. The topological polar surface area (TPSA) is 77.4 Å². The van der Waals surface area contributed by atoms with Gasteiger partial charge in [0.05, 0.1) is 0 Å². The Balaban J connectivity index is 0. The first-order valence-corrected chi connectivity index (χ1v) is 38.0. The maximum atomic E-state index is 12.3. The summed E-state index contributed by atoms with van der Waals surface area (Å²) in [7, 11) is -7.16. The molecular weight excluding hydrogens is 927 g/mol. The van der Waals surface area contributed by atoms with Crippen molar-refractivity contribution in [3.05, 3.63) is 0 Å². The van der Waals surface area contributed by atoms with Crippen LogP contribution in [0.3, 0.4) is 0 Å². The van der Waals surface area contributed by atoms with Gasteiger partial charge < -0.3 is 0 Å². The first-order valence-electron chi connectivity index (χ1n) is 33.2. The fourth-order valence-electron chi connectivity index (χ4n) is 10.2. The van der Waals surface area contributed by atoms with E-state index in [0.29, 0.717) is 26.4 Å². The maximum absolute atomic E-state index is 12.3. The summed E-state index contributed by atoms with van der Waals surface area (Å²) in [4.78, 5) is 24.7. The van der Waals surface area contributed by atoms with Crippen molar-refractivity contribution in [1.82, 2.24) is 0 Å². The molecule has 6 nitrogen and oxygen atoms in total. The van der Waals surface area contributed by atoms with Gasteiger partial charge in [0.2, 0.25) is 0 Å². The Labute approximate surface area is 455 Å². The van der Waals surface area contributed by atoms with Gasteiger partial charge in [0, 0.05) is 0 Å². The van der Waals surface area contributed by atoms with Crippen LogP contribution in [0.2, 0.25) is 0 Å². The average Bonchev–Trinajstić information content (AvgIpc) is 3.38. The molecule has 0 aromatic rings. The minimum absolute atomic E-state index is 0.669. The van der Waals surface area contributed by atoms with E-state index in [-0.39, 0.29) is 0 Å². The van der Waals surface area contributed by atoms with Crippen molar-refractivity contribution in [2.75, 3.05) is 51.1 Å². The molecule has 0 unspecified atom stereocenters. The van der Waals surface area contributed by atoms with Crippen molar-refractivity contribution in [3.63, 3.8) is 0 Å². The van der Waals surface area contributed by atoms with Gasteiger partial charge in [0.1, 0.15) is 0 Å². The third kappa shape index (κ3) is 47.8. The van der Waals surface area contributed by atoms with Crippen LogP contribution in [0.5, 0.6) is 0 Å². The third-order valence-electron chi connectivity index (χ3n) is 15.3. The van der Waals surface area contributed by atoms with E-state index in [9.17, 15) is 9.79 Å². The van der Waals surface area contributed by atoms with Crippen molar-refractivity contribution in [2.24, 2.45) is 0 Å². The zero-order chi connectivity index (χ0) is 53.3. The fourth-order valence-corrected chi connectivity index (χ4v) is 17.4. The van der Waals surface area contributed by atoms with Crippen LogP contribution in [0, 0.1) is 0 Å². The quantitative estimate of drug-likeness (QED) is 0.0467. The molecule has 72 heavy (non-hydrogen) atoms. The molecule has 0 heterocycles. The normalized spacial score (nSPS) is 13.2. The zero-order valence-electron chi connectivity index (χ0n) is 51.0. The predicted molar refractivity (Wildman–Crippen MR) is 329 cm³/mol. The Bertz CT molecular complexity index is 890. The molecule has 0 aliphatic carbocycles. The summed E-state index contributed by atoms with van der Waals surface area (Å²) in [5.41, 5.74) is 0. The van der Waals surface area contributed by atoms with Crippen LogP contribution in [0.4, 0.5) is 0 Å². The molecule has 0 aromatic heterocycles. The monoisotopic (exact) mass is 1060 g/mol. The number of rotatable bonds is 60. The van der Waals surface area contributed by atoms with Gasteiger partial charge >= 0.3 is 457 Å². The number of hydrogen-bond donors (Lipinski definition) is 2. The van der Waals surface area contributed by atoms with Gasteiger partial charge in [0.15, 0.2) is 0 Å². The van der Waals surface area contributed by atoms with Gasteiger partial charge in [-0.2, -0.15) is 0 Å². The summed E-state index contributed by atoms with van der Waals surface area (Å²) in [5.74, 6) is 0. The molecule has 0 atom stereocenters. The second-order valence-corrected chi connectivity index (χ2v) is 30.8. The standard InChI is InChI=1S/2C32H69O3P/c2*1-5-9-13-17-21-25-29-34-36(33,31-27-23-19-15-11-7-3,32-28-24-20-16-12-8-4)35-30-26-22-18-14-10-6-2/h2*33H,5-32H2,1-4H3. The molecule has 0 spiro atoms. The SMILES string of the molecule is CCCCCCCCOP(O)(CCCCCCCC)(CCCCCCCC)OCCCCCCCC.CCCCCCCCOP(O)(CCCCCCCC)(CCCCCCCC)OCCCCCCCC.